The lowest BCUT2D eigenvalue weighted by molar-refractivity contribution is -0.138. The Morgan fingerprint density at radius 1 is 1.15 bits per heavy atom. The molecule has 3 atom stereocenters. The van der Waals surface area contributed by atoms with E-state index < -0.39 is 12.7 Å². The van der Waals surface area contributed by atoms with Gasteiger partial charge in [0.2, 0.25) is 11.8 Å². The summed E-state index contributed by atoms with van der Waals surface area (Å²) in [6.45, 7) is 4.15. The van der Waals surface area contributed by atoms with Gasteiger partial charge in [-0.05, 0) is 70.9 Å². The van der Waals surface area contributed by atoms with Crippen molar-refractivity contribution in [3.63, 3.8) is 0 Å². The molecular weight excluding hydrogens is 593 g/mol. The van der Waals surface area contributed by atoms with Gasteiger partial charge in [0.25, 0.3) is 0 Å². The zero-order valence-electron chi connectivity index (χ0n) is 22.7. The average Bonchev–Trinajstić information content (AvgIpc) is 3.29. The Labute approximate surface area is 243 Å². The van der Waals surface area contributed by atoms with Crippen LogP contribution in [0.1, 0.15) is 48.6 Å². The number of carbonyl (C=O) groups excluding carboxylic acids is 3. The van der Waals surface area contributed by atoms with E-state index in [0.717, 1.165) is 6.42 Å². The van der Waals surface area contributed by atoms with Gasteiger partial charge in [-0.15, -0.1) is 0 Å². The molecule has 3 aromatic heterocycles. The number of nitrogens with one attached hydrogen (secondary N) is 1. The van der Waals surface area contributed by atoms with Gasteiger partial charge in [-0.1, -0.05) is 13.0 Å². The summed E-state index contributed by atoms with van der Waals surface area (Å²) >= 11 is 3.30. The van der Waals surface area contributed by atoms with Gasteiger partial charge in [0, 0.05) is 41.9 Å². The number of hydrogen-bond donors (Lipinski definition) is 1. The van der Waals surface area contributed by atoms with Crippen molar-refractivity contribution in [2.24, 2.45) is 5.41 Å². The maximum atomic E-state index is 14.5. The van der Waals surface area contributed by atoms with Crippen LogP contribution >= 0.6 is 15.9 Å². The van der Waals surface area contributed by atoms with E-state index in [-0.39, 0.29) is 41.3 Å². The summed E-state index contributed by atoms with van der Waals surface area (Å²) in [6.07, 6.45) is 4.61. The first-order valence-electron chi connectivity index (χ1n) is 13.2. The van der Waals surface area contributed by atoms with Gasteiger partial charge in [0.05, 0.1) is 5.52 Å². The van der Waals surface area contributed by atoms with Crippen LogP contribution in [0, 0.1) is 12.3 Å². The molecule has 1 aliphatic carbocycles. The van der Waals surface area contributed by atoms with Crippen LogP contribution in [0.15, 0.2) is 47.3 Å². The molecular formula is C29H27BrFN7O3. The SMILES string of the molecule is CC(=O)c1nn(CC(=O)N2[C@H](C(=O)Nc3cccc(Br)n3)C[C@@]3(C)C[C@@H]23)c2c(CF)cc(-c3cnc(C)nc3)cc12. The largest absolute Gasteiger partial charge is 0.325 e. The number of rotatable bonds is 7. The van der Waals surface area contributed by atoms with Crippen LogP contribution in [0.4, 0.5) is 10.2 Å². The second-order valence-electron chi connectivity index (χ2n) is 11.0. The predicted molar refractivity (Wildman–Crippen MR) is 153 cm³/mol. The molecule has 4 aromatic rings. The Morgan fingerprint density at radius 2 is 1.90 bits per heavy atom. The summed E-state index contributed by atoms with van der Waals surface area (Å²) in [4.78, 5) is 54.1. The maximum Gasteiger partial charge on any atom is 0.248 e. The molecule has 1 saturated carbocycles. The number of likely N-dealkylation sites (tertiary alicyclic amines) is 1. The van der Waals surface area contributed by atoms with Crippen LogP contribution in [0.25, 0.3) is 22.0 Å². The second-order valence-corrected chi connectivity index (χ2v) is 11.8. The molecule has 12 heteroatoms. The molecule has 10 nitrogen and oxygen atoms in total. The molecule has 2 aliphatic rings. The van der Waals surface area contributed by atoms with Gasteiger partial charge >= 0.3 is 0 Å². The third kappa shape index (κ3) is 4.90. The van der Waals surface area contributed by atoms with E-state index >= 15 is 0 Å². The number of alkyl halides is 1. The Morgan fingerprint density at radius 3 is 2.59 bits per heavy atom. The number of Topliss-reactive ketones (excluding diaryl/α,β-unsaturated/α-hetero) is 1. The Kier molecular flexibility index (Phi) is 6.68. The molecule has 1 saturated heterocycles. The van der Waals surface area contributed by atoms with E-state index in [2.05, 4.69) is 48.2 Å². The summed E-state index contributed by atoms with van der Waals surface area (Å²) < 4.78 is 16.4. The number of halogens is 2. The second kappa shape index (κ2) is 10.1. The van der Waals surface area contributed by atoms with Crippen molar-refractivity contribution in [2.45, 2.75) is 58.9 Å². The number of carbonyl (C=O) groups is 3. The van der Waals surface area contributed by atoms with Crippen LogP contribution in [-0.4, -0.2) is 59.3 Å². The number of anilines is 1. The molecule has 2 amide bonds. The molecule has 0 unspecified atom stereocenters. The lowest BCUT2D eigenvalue weighted by atomic mass is 10.0. The summed E-state index contributed by atoms with van der Waals surface area (Å²) in [5, 5.41) is 7.74. The first-order valence-corrected chi connectivity index (χ1v) is 14.0. The maximum absolute atomic E-state index is 14.5. The number of benzene rings is 1. The topological polar surface area (TPSA) is 123 Å². The predicted octanol–water partition coefficient (Wildman–Crippen LogP) is 4.65. The van der Waals surface area contributed by atoms with E-state index in [0.29, 0.717) is 50.3 Å². The molecule has 41 heavy (non-hydrogen) atoms. The molecule has 6 rings (SSSR count). The number of pyridine rings is 1. The first-order chi connectivity index (χ1) is 19.6. The van der Waals surface area contributed by atoms with Crippen LogP contribution in [0.5, 0.6) is 0 Å². The average molecular weight is 620 g/mol. The number of aryl methyl sites for hydroxylation is 1. The van der Waals surface area contributed by atoms with Crippen LogP contribution in [0.2, 0.25) is 0 Å². The minimum atomic E-state index is -0.830. The summed E-state index contributed by atoms with van der Waals surface area (Å²) in [7, 11) is 0. The zero-order valence-corrected chi connectivity index (χ0v) is 24.3. The fourth-order valence-electron chi connectivity index (χ4n) is 5.85. The third-order valence-electron chi connectivity index (χ3n) is 7.99. The highest BCUT2D eigenvalue weighted by molar-refractivity contribution is 9.10. The van der Waals surface area contributed by atoms with Gasteiger partial charge in [0.1, 0.15) is 41.2 Å². The third-order valence-corrected chi connectivity index (χ3v) is 8.43. The Balaban J connectivity index is 1.34. The molecule has 1 N–H and O–H groups in total. The van der Waals surface area contributed by atoms with E-state index in [4.69, 9.17) is 0 Å². The Bertz CT molecular complexity index is 1720. The van der Waals surface area contributed by atoms with E-state index in [1.54, 1.807) is 54.5 Å². The molecule has 0 radical (unpaired) electrons. The molecule has 210 valence electrons. The standard InChI is InChI=1S/C29H27BrFN7O3/c1-15(39)26-20-8-17(19-12-32-16(2)33-13-19)7-18(11-31)27(20)37(36-26)14-25(40)38-21(9-29(3)10-22(29)38)28(41)35-24-6-4-5-23(30)34-24/h4-8,12-13,21-22H,9-11,14H2,1-3H3,(H,34,35,41)/t21-,22+,29-/m0/s1. The molecule has 4 heterocycles. The molecule has 0 spiro atoms. The van der Waals surface area contributed by atoms with Crippen molar-refractivity contribution in [3.05, 3.63) is 64.4 Å². The number of amides is 2. The smallest absolute Gasteiger partial charge is 0.248 e. The number of piperidine rings is 1. The van der Waals surface area contributed by atoms with E-state index in [1.807, 2.05) is 0 Å². The molecule has 2 fully saturated rings. The highest BCUT2D eigenvalue weighted by atomic mass is 79.9. The molecule has 1 aromatic carbocycles. The van der Waals surface area contributed by atoms with Crippen molar-refractivity contribution in [3.8, 4) is 11.1 Å². The lowest BCUT2D eigenvalue weighted by Gasteiger charge is -2.27. The summed E-state index contributed by atoms with van der Waals surface area (Å²) in [6, 6.07) is 7.85. The molecule has 0 bridgehead atoms. The fraction of sp³-hybridized carbons (Fsp3) is 0.345. The number of aromatic nitrogens is 5. The van der Waals surface area contributed by atoms with Crippen LogP contribution in [-0.2, 0) is 22.8 Å². The highest BCUT2D eigenvalue weighted by Gasteiger charge is 2.64. The monoisotopic (exact) mass is 619 g/mol. The van der Waals surface area contributed by atoms with Gasteiger partial charge in [0.15, 0.2) is 5.78 Å². The van der Waals surface area contributed by atoms with Crippen molar-refractivity contribution >= 4 is 50.2 Å². The minimum Gasteiger partial charge on any atom is -0.325 e. The first kappa shape index (κ1) is 27.1. The van der Waals surface area contributed by atoms with Crippen molar-refractivity contribution < 1.29 is 18.8 Å². The number of nitrogens with zero attached hydrogens (tertiary/aromatic N) is 6. The summed E-state index contributed by atoms with van der Waals surface area (Å²) in [5.41, 5.74) is 1.98. The van der Waals surface area contributed by atoms with Gasteiger partial charge in [-0.3, -0.25) is 19.1 Å². The normalized spacial score (nSPS) is 21.1. The number of hydrogen-bond acceptors (Lipinski definition) is 7. The van der Waals surface area contributed by atoms with E-state index in [1.165, 1.54) is 11.6 Å². The van der Waals surface area contributed by atoms with E-state index in [9.17, 15) is 18.8 Å². The van der Waals surface area contributed by atoms with Crippen molar-refractivity contribution in [2.75, 3.05) is 5.32 Å². The quantitative estimate of drug-likeness (QED) is 0.236. The van der Waals surface area contributed by atoms with Crippen LogP contribution in [0.3, 0.4) is 0 Å². The van der Waals surface area contributed by atoms with Gasteiger partial charge < -0.3 is 10.2 Å². The zero-order chi connectivity index (χ0) is 29.1. The van der Waals surface area contributed by atoms with Crippen molar-refractivity contribution in [1.29, 1.82) is 0 Å². The van der Waals surface area contributed by atoms with Crippen molar-refractivity contribution in [1.82, 2.24) is 29.6 Å². The fourth-order valence-corrected chi connectivity index (χ4v) is 6.19. The van der Waals surface area contributed by atoms with Gasteiger partial charge in [-0.2, -0.15) is 5.10 Å². The molecule has 1 aliphatic heterocycles. The van der Waals surface area contributed by atoms with Crippen LogP contribution < -0.4 is 5.32 Å². The van der Waals surface area contributed by atoms with Gasteiger partial charge in [-0.25, -0.2) is 19.3 Å². The Hall–Kier alpha value is -4.06. The minimum absolute atomic E-state index is 0.0795. The number of ketones is 1. The number of fused-ring (bicyclic) bond motifs is 2. The highest BCUT2D eigenvalue weighted by Crippen LogP contribution is 2.59. The lowest BCUT2D eigenvalue weighted by Crippen LogP contribution is -2.46. The summed E-state index contributed by atoms with van der Waals surface area (Å²) in [5.74, 6) is 0.0392.